The molecule has 1 aromatic rings. The van der Waals surface area contributed by atoms with Crippen LogP contribution in [-0.4, -0.2) is 23.2 Å². The molecule has 0 bridgehead atoms. The summed E-state index contributed by atoms with van der Waals surface area (Å²) >= 11 is 0. The standard InChI is InChI=1S/C13H21N3O/c1-16-9-7-11(10-16)6-8-14-13(17)15-12-4-2-3-5-12/h7,9-10,12H,2-6,8H2,1H3,(H2,14,15,17). The summed E-state index contributed by atoms with van der Waals surface area (Å²) in [6.45, 7) is 0.697. The van der Waals surface area contributed by atoms with E-state index >= 15 is 0 Å². The van der Waals surface area contributed by atoms with Gasteiger partial charge in [0.15, 0.2) is 0 Å². The van der Waals surface area contributed by atoms with E-state index in [0.29, 0.717) is 12.6 Å². The predicted molar refractivity (Wildman–Crippen MR) is 67.9 cm³/mol. The fourth-order valence-electron chi connectivity index (χ4n) is 2.34. The Morgan fingerprint density at radius 2 is 2.24 bits per heavy atom. The maximum atomic E-state index is 11.6. The van der Waals surface area contributed by atoms with Gasteiger partial charge in [-0.05, 0) is 30.9 Å². The van der Waals surface area contributed by atoms with Crippen molar-refractivity contribution >= 4 is 6.03 Å². The van der Waals surface area contributed by atoms with Crippen molar-refractivity contribution in [3.63, 3.8) is 0 Å². The smallest absolute Gasteiger partial charge is 0.315 e. The van der Waals surface area contributed by atoms with Crippen molar-refractivity contribution in [2.75, 3.05) is 6.54 Å². The summed E-state index contributed by atoms with van der Waals surface area (Å²) in [6.07, 6.45) is 9.74. The number of carbonyl (C=O) groups is 1. The molecular formula is C13H21N3O. The molecule has 17 heavy (non-hydrogen) atoms. The number of nitrogens with one attached hydrogen (secondary N) is 2. The Balaban J connectivity index is 1.62. The number of hydrogen-bond donors (Lipinski definition) is 2. The molecule has 0 atom stereocenters. The Kier molecular flexibility index (Phi) is 4.07. The lowest BCUT2D eigenvalue weighted by molar-refractivity contribution is 0.237. The van der Waals surface area contributed by atoms with E-state index in [2.05, 4.69) is 22.9 Å². The predicted octanol–water partition coefficient (Wildman–Crippen LogP) is 1.81. The average Bonchev–Trinajstić information content (AvgIpc) is 2.90. The van der Waals surface area contributed by atoms with E-state index in [1.54, 1.807) is 0 Å². The van der Waals surface area contributed by atoms with Crippen LogP contribution in [0.4, 0.5) is 4.79 Å². The Hall–Kier alpha value is -1.45. The molecule has 0 radical (unpaired) electrons. The van der Waals surface area contributed by atoms with Gasteiger partial charge in [-0.1, -0.05) is 12.8 Å². The van der Waals surface area contributed by atoms with E-state index in [9.17, 15) is 4.79 Å². The number of hydrogen-bond acceptors (Lipinski definition) is 1. The maximum absolute atomic E-state index is 11.6. The Morgan fingerprint density at radius 1 is 1.47 bits per heavy atom. The zero-order valence-electron chi connectivity index (χ0n) is 10.4. The van der Waals surface area contributed by atoms with Crippen LogP contribution in [0.15, 0.2) is 18.5 Å². The molecule has 1 fully saturated rings. The largest absolute Gasteiger partial charge is 0.357 e. The zero-order valence-corrected chi connectivity index (χ0v) is 10.4. The van der Waals surface area contributed by atoms with E-state index in [0.717, 1.165) is 19.3 Å². The third kappa shape index (κ3) is 3.80. The van der Waals surface area contributed by atoms with E-state index in [1.807, 2.05) is 17.8 Å². The summed E-state index contributed by atoms with van der Waals surface area (Å²) in [6, 6.07) is 2.45. The minimum Gasteiger partial charge on any atom is -0.357 e. The van der Waals surface area contributed by atoms with E-state index < -0.39 is 0 Å². The molecule has 4 nitrogen and oxygen atoms in total. The highest BCUT2D eigenvalue weighted by molar-refractivity contribution is 5.74. The highest BCUT2D eigenvalue weighted by Crippen LogP contribution is 2.17. The van der Waals surface area contributed by atoms with Crippen LogP contribution in [-0.2, 0) is 13.5 Å². The van der Waals surface area contributed by atoms with Crippen molar-refractivity contribution in [2.24, 2.45) is 7.05 Å². The van der Waals surface area contributed by atoms with Crippen molar-refractivity contribution in [1.82, 2.24) is 15.2 Å². The Morgan fingerprint density at radius 3 is 2.88 bits per heavy atom. The summed E-state index contributed by atoms with van der Waals surface area (Å²) in [5.41, 5.74) is 1.26. The number of aromatic nitrogens is 1. The van der Waals surface area contributed by atoms with E-state index in [-0.39, 0.29) is 6.03 Å². The van der Waals surface area contributed by atoms with Crippen LogP contribution in [0.5, 0.6) is 0 Å². The van der Waals surface area contributed by atoms with Crippen LogP contribution in [0, 0.1) is 0 Å². The molecule has 0 unspecified atom stereocenters. The van der Waals surface area contributed by atoms with Gasteiger partial charge >= 0.3 is 6.03 Å². The van der Waals surface area contributed by atoms with E-state index in [1.165, 1.54) is 18.4 Å². The number of urea groups is 1. The number of carbonyl (C=O) groups excluding carboxylic acids is 1. The number of amides is 2. The third-order valence-electron chi connectivity index (χ3n) is 3.28. The third-order valence-corrected chi connectivity index (χ3v) is 3.28. The van der Waals surface area contributed by atoms with Gasteiger partial charge < -0.3 is 15.2 Å². The molecule has 2 amide bonds. The first-order valence-corrected chi connectivity index (χ1v) is 6.39. The van der Waals surface area contributed by atoms with Gasteiger partial charge in [0, 0.05) is 32.0 Å². The van der Waals surface area contributed by atoms with Crippen LogP contribution in [0.3, 0.4) is 0 Å². The molecule has 1 heterocycles. The number of aryl methyl sites for hydroxylation is 1. The van der Waals surface area contributed by atoms with E-state index in [4.69, 9.17) is 0 Å². The number of nitrogens with zero attached hydrogens (tertiary/aromatic N) is 1. The van der Waals surface area contributed by atoms with Crippen molar-refractivity contribution in [2.45, 2.75) is 38.1 Å². The second kappa shape index (κ2) is 5.75. The first-order valence-electron chi connectivity index (χ1n) is 6.39. The summed E-state index contributed by atoms with van der Waals surface area (Å²) in [5, 5.41) is 5.92. The van der Waals surface area contributed by atoms with Gasteiger partial charge in [-0.15, -0.1) is 0 Å². The van der Waals surface area contributed by atoms with Gasteiger partial charge in [-0.3, -0.25) is 0 Å². The van der Waals surface area contributed by atoms with Crippen molar-refractivity contribution in [1.29, 1.82) is 0 Å². The minimum atomic E-state index is -0.0205. The summed E-state index contributed by atoms with van der Waals surface area (Å²) in [5.74, 6) is 0. The average molecular weight is 235 g/mol. The number of rotatable bonds is 4. The van der Waals surface area contributed by atoms with Gasteiger partial charge in [-0.2, -0.15) is 0 Å². The molecule has 4 heteroatoms. The van der Waals surface area contributed by atoms with Gasteiger partial charge in [0.1, 0.15) is 0 Å². The van der Waals surface area contributed by atoms with Gasteiger partial charge in [-0.25, -0.2) is 4.79 Å². The molecule has 0 aromatic carbocycles. The molecule has 0 spiro atoms. The van der Waals surface area contributed by atoms with Crippen molar-refractivity contribution in [3.8, 4) is 0 Å². The molecule has 0 saturated heterocycles. The monoisotopic (exact) mass is 235 g/mol. The summed E-state index contributed by atoms with van der Waals surface area (Å²) in [4.78, 5) is 11.6. The quantitative estimate of drug-likeness (QED) is 0.821. The zero-order chi connectivity index (χ0) is 12.1. The summed E-state index contributed by atoms with van der Waals surface area (Å²) < 4.78 is 2.02. The molecule has 94 valence electrons. The molecule has 1 aliphatic rings. The lowest BCUT2D eigenvalue weighted by Crippen LogP contribution is -2.41. The van der Waals surface area contributed by atoms with Crippen LogP contribution in [0.2, 0.25) is 0 Å². The second-order valence-corrected chi connectivity index (χ2v) is 4.82. The Bertz CT molecular complexity index is 366. The van der Waals surface area contributed by atoms with Crippen LogP contribution in [0.1, 0.15) is 31.2 Å². The molecule has 1 saturated carbocycles. The second-order valence-electron chi connectivity index (χ2n) is 4.82. The SMILES string of the molecule is Cn1ccc(CCNC(=O)NC2CCCC2)c1. The first-order chi connectivity index (χ1) is 8.24. The minimum absolute atomic E-state index is 0.0205. The molecule has 2 N–H and O–H groups in total. The highest BCUT2D eigenvalue weighted by atomic mass is 16.2. The summed E-state index contributed by atoms with van der Waals surface area (Å²) in [7, 11) is 2.00. The van der Waals surface area contributed by atoms with Crippen LogP contribution in [0.25, 0.3) is 0 Å². The molecule has 1 aromatic heterocycles. The van der Waals surface area contributed by atoms with Gasteiger partial charge in [0.2, 0.25) is 0 Å². The first kappa shape index (κ1) is 12.0. The maximum Gasteiger partial charge on any atom is 0.315 e. The molecular weight excluding hydrogens is 214 g/mol. The van der Waals surface area contributed by atoms with Gasteiger partial charge in [0.25, 0.3) is 0 Å². The topological polar surface area (TPSA) is 46.1 Å². The molecule has 2 rings (SSSR count). The van der Waals surface area contributed by atoms with Crippen LogP contribution < -0.4 is 10.6 Å². The van der Waals surface area contributed by atoms with Crippen molar-refractivity contribution < 1.29 is 4.79 Å². The Labute approximate surface area is 102 Å². The lowest BCUT2D eigenvalue weighted by atomic mass is 10.2. The normalized spacial score (nSPS) is 16.1. The fraction of sp³-hybridized carbons (Fsp3) is 0.615. The lowest BCUT2D eigenvalue weighted by Gasteiger charge is -2.12. The molecule has 1 aliphatic carbocycles. The van der Waals surface area contributed by atoms with Crippen LogP contribution >= 0.6 is 0 Å². The highest BCUT2D eigenvalue weighted by Gasteiger charge is 2.16. The van der Waals surface area contributed by atoms with Gasteiger partial charge in [0.05, 0.1) is 0 Å². The molecule has 0 aliphatic heterocycles. The fourth-order valence-corrected chi connectivity index (χ4v) is 2.34. The van der Waals surface area contributed by atoms with Crippen molar-refractivity contribution in [3.05, 3.63) is 24.0 Å².